The number of piperidine rings is 1. The molecule has 0 saturated carbocycles. The Balaban J connectivity index is 1.55. The zero-order chi connectivity index (χ0) is 19.3. The van der Waals surface area contributed by atoms with Gasteiger partial charge in [0, 0.05) is 22.5 Å². The first-order valence-corrected chi connectivity index (χ1v) is 10.5. The highest BCUT2D eigenvalue weighted by Gasteiger charge is 2.36. The van der Waals surface area contributed by atoms with E-state index in [9.17, 15) is 10.1 Å². The van der Waals surface area contributed by atoms with Crippen molar-refractivity contribution in [3.05, 3.63) is 41.1 Å². The Hall–Kier alpha value is -1.90. The molecular weight excluding hydrogens is 377 g/mol. The largest absolute Gasteiger partial charge is 0.325 e. The average Bonchev–Trinajstić information content (AvgIpc) is 2.69. The molecule has 3 rings (SSSR count). The van der Waals surface area contributed by atoms with E-state index in [0.29, 0.717) is 11.6 Å². The smallest absolute Gasteiger partial charge is 0.321 e. The first-order chi connectivity index (χ1) is 13.0. The summed E-state index contributed by atoms with van der Waals surface area (Å²) in [6, 6.07) is 3.95. The minimum Gasteiger partial charge on any atom is -0.325 e. The number of rotatable bonds is 4. The number of aromatic nitrogens is 2. The van der Waals surface area contributed by atoms with E-state index in [1.807, 2.05) is 11.0 Å². The highest BCUT2D eigenvalue weighted by atomic mass is 32.2. The van der Waals surface area contributed by atoms with E-state index >= 15 is 0 Å². The van der Waals surface area contributed by atoms with Crippen molar-refractivity contribution in [2.45, 2.75) is 37.1 Å². The Bertz CT molecular complexity index is 779. The summed E-state index contributed by atoms with van der Waals surface area (Å²) in [4.78, 5) is 15.4. The van der Waals surface area contributed by atoms with Crippen molar-refractivity contribution in [1.29, 1.82) is 5.26 Å². The van der Waals surface area contributed by atoms with Gasteiger partial charge in [0.2, 0.25) is 0 Å². The number of anilines is 1. The maximum Gasteiger partial charge on any atom is 0.321 e. The van der Waals surface area contributed by atoms with Crippen LogP contribution < -0.4 is 5.32 Å². The molecule has 6 nitrogen and oxygen atoms in total. The molecule has 2 amide bonds. The van der Waals surface area contributed by atoms with Crippen LogP contribution in [0.15, 0.2) is 41.1 Å². The lowest BCUT2D eigenvalue weighted by Crippen LogP contribution is -2.44. The summed E-state index contributed by atoms with van der Waals surface area (Å²) in [7, 11) is 2.99. The van der Waals surface area contributed by atoms with Crippen LogP contribution in [0, 0.1) is 17.2 Å². The SMILES string of the molecule is CC(P)(SC1=CCCC=C1C#N)C1CCN(C(=O)Nc2ccnnc2)CC1. The summed E-state index contributed by atoms with van der Waals surface area (Å²) in [5.41, 5.74) is 1.45. The number of carbonyl (C=O) groups is 1. The van der Waals surface area contributed by atoms with Crippen molar-refractivity contribution in [1.82, 2.24) is 15.1 Å². The highest BCUT2D eigenvalue weighted by molar-refractivity contribution is 8.07. The van der Waals surface area contributed by atoms with E-state index in [1.165, 1.54) is 0 Å². The van der Waals surface area contributed by atoms with Gasteiger partial charge < -0.3 is 10.2 Å². The summed E-state index contributed by atoms with van der Waals surface area (Å²) >= 11 is 1.77. The van der Waals surface area contributed by atoms with E-state index in [-0.39, 0.29) is 10.5 Å². The third-order valence-electron chi connectivity index (χ3n) is 4.99. The van der Waals surface area contributed by atoms with Gasteiger partial charge in [-0.25, -0.2) is 4.79 Å². The summed E-state index contributed by atoms with van der Waals surface area (Å²) in [5.74, 6) is 0.460. The molecule has 1 aliphatic carbocycles. The first-order valence-electron chi connectivity index (χ1n) is 9.11. The molecule has 0 aromatic carbocycles. The van der Waals surface area contributed by atoms with E-state index < -0.39 is 0 Å². The van der Waals surface area contributed by atoms with Gasteiger partial charge in [-0.2, -0.15) is 15.5 Å². The van der Waals surface area contributed by atoms with Gasteiger partial charge in [0.15, 0.2) is 0 Å². The molecule has 1 aliphatic heterocycles. The fraction of sp³-hybridized carbons (Fsp3) is 0.474. The molecule has 2 aliphatic rings. The maximum atomic E-state index is 12.4. The molecule has 0 spiro atoms. The fourth-order valence-corrected chi connectivity index (χ4v) is 5.42. The Morgan fingerprint density at radius 3 is 2.78 bits per heavy atom. The van der Waals surface area contributed by atoms with Gasteiger partial charge in [0.05, 0.1) is 29.7 Å². The number of thioether (sulfide) groups is 1. The maximum absolute atomic E-state index is 12.4. The Morgan fingerprint density at radius 1 is 1.37 bits per heavy atom. The second-order valence-corrected chi connectivity index (χ2v) is 10.1. The molecular formula is C19H24N5OPS. The fourth-order valence-electron chi connectivity index (χ4n) is 3.39. The van der Waals surface area contributed by atoms with E-state index in [1.54, 1.807) is 30.2 Å². The van der Waals surface area contributed by atoms with E-state index in [2.05, 4.69) is 43.8 Å². The third-order valence-corrected chi connectivity index (χ3v) is 7.19. The van der Waals surface area contributed by atoms with Gasteiger partial charge in [0.1, 0.15) is 0 Å². The first kappa shape index (κ1) is 19.9. The van der Waals surface area contributed by atoms with Gasteiger partial charge in [-0.3, -0.25) is 0 Å². The van der Waals surface area contributed by atoms with Gasteiger partial charge in [-0.1, -0.05) is 12.2 Å². The molecule has 0 bridgehead atoms. The summed E-state index contributed by atoms with van der Waals surface area (Å²) in [5, 5.41) is 19.7. The normalized spacial score (nSPS) is 20.1. The van der Waals surface area contributed by atoms with E-state index in [4.69, 9.17) is 0 Å². The van der Waals surface area contributed by atoms with Crippen LogP contribution in [0.2, 0.25) is 0 Å². The number of urea groups is 1. The molecule has 1 fully saturated rings. The standard InChI is InChI=1S/C19H24N5OPS/c1-19(26,27-17-5-3-2-4-14(17)12-20)15-7-10-24(11-8-15)18(25)23-16-6-9-21-22-13-16/h4-6,9,13,15H,2-3,7-8,10-11,26H2,1H3,(H,21,23,25). The number of amides is 2. The number of nitrogens with one attached hydrogen (secondary N) is 1. The molecule has 1 aromatic heterocycles. The molecule has 2 heterocycles. The number of likely N-dealkylation sites (tertiary alicyclic amines) is 1. The van der Waals surface area contributed by atoms with Crippen LogP contribution >= 0.6 is 21.0 Å². The van der Waals surface area contributed by atoms with E-state index in [0.717, 1.165) is 49.3 Å². The molecule has 142 valence electrons. The van der Waals surface area contributed by atoms with Crippen molar-refractivity contribution in [2.24, 2.45) is 5.92 Å². The molecule has 2 unspecified atom stereocenters. The third kappa shape index (κ3) is 5.09. The van der Waals surface area contributed by atoms with Crippen LogP contribution in [-0.2, 0) is 0 Å². The number of hydrogen-bond acceptors (Lipinski definition) is 5. The van der Waals surface area contributed by atoms with Crippen LogP contribution in [0.5, 0.6) is 0 Å². The van der Waals surface area contributed by atoms with Gasteiger partial charge in [0.25, 0.3) is 0 Å². The zero-order valence-corrected chi connectivity index (χ0v) is 17.4. The van der Waals surface area contributed by atoms with Gasteiger partial charge in [-0.15, -0.1) is 21.0 Å². The quantitative estimate of drug-likeness (QED) is 0.766. The molecule has 2 atom stereocenters. The van der Waals surface area contributed by atoms with Crippen LogP contribution in [-0.4, -0.2) is 38.7 Å². The minimum atomic E-state index is -0.0933. The Morgan fingerprint density at radius 2 is 2.11 bits per heavy atom. The number of nitrogens with zero attached hydrogens (tertiary/aromatic N) is 4. The molecule has 27 heavy (non-hydrogen) atoms. The monoisotopic (exact) mass is 401 g/mol. The molecule has 1 saturated heterocycles. The lowest BCUT2D eigenvalue weighted by atomic mass is 9.93. The molecule has 0 radical (unpaired) electrons. The van der Waals surface area contributed by atoms with Crippen molar-refractivity contribution < 1.29 is 4.79 Å². The zero-order valence-electron chi connectivity index (χ0n) is 15.4. The number of carbonyl (C=O) groups excluding carboxylic acids is 1. The topological polar surface area (TPSA) is 81.9 Å². The summed E-state index contributed by atoms with van der Waals surface area (Å²) in [6.07, 6.45) is 11.1. The van der Waals surface area contributed by atoms with Crippen molar-refractivity contribution in [2.75, 3.05) is 18.4 Å². The van der Waals surface area contributed by atoms with Crippen LogP contribution in [0.1, 0.15) is 32.6 Å². The number of allylic oxidation sites excluding steroid dienone is 3. The lowest BCUT2D eigenvalue weighted by molar-refractivity contribution is 0.180. The minimum absolute atomic E-state index is 0.0588. The van der Waals surface area contributed by atoms with Gasteiger partial charge in [-0.05, 0) is 44.6 Å². The van der Waals surface area contributed by atoms with Crippen LogP contribution in [0.3, 0.4) is 0 Å². The number of hydrogen-bond donors (Lipinski definition) is 1. The highest BCUT2D eigenvalue weighted by Crippen LogP contribution is 2.49. The summed E-state index contributed by atoms with van der Waals surface area (Å²) in [6.45, 7) is 3.66. The predicted octanol–water partition coefficient (Wildman–Crippen LogP) is 4.17. The second-order valence-electron chi connectivity index (χ2n) is 6.98. The average molecular weight is 401 g/mol. The van der Waals surface area contributed by atoms with Crippen molar-refractivity contribution in [3.63, 3.8) is 0 Å². The lowest BCUT2D eigenvalue weighted by Gasteiger charge is -2.40. The molecule has 1 N–H and O–H groups in total. The number of nitriles is 1. The predicted molar refractivity (Wildman–Crippen MR) is 112 cm³/mol. The van der Waals surface area contributed by atoms with Crippen LogP contribution in [0.25, 0.3) is 0 Å². The second kappa shape index (κ2) is 8.86. The summed E-state index contributed by atoms with van der Waals surface area (Å²) < 4.78 is -0.0588. The molecule has 1 aromatic rings. The van der Waals surface area contributed by atoms with Gasteiger partial charge >= 0.3 is 6.03 Å². The Kier molecular flexibility index (Phi) is 6.51. The molecule has 8 heteroatoms. The van der Waals surface area contributed by atoms with Crippen LogP contribution in [0.4, 0.5) is 10.5 Å². The van der Waals surface area contributed by atoms with Crippen molar-refractivity contribution in [3.8, 4) is 6.07 Å². The van der Waals surface area contributed by atoms with Crippen molar-refractivity contribution >= 4 is 32.7 Å². The Labute approximate surface area is 166 Å².